The monoisotopic (exact) mass is 428 g/mol. The number of aliphatic hydroxyl groups is 1. The van der Waals surface area contributed by atoms with Crippen LogP contribution in [0.5, 0.6) is 28.7 Å². The Balaban J connectivity index is 1.85. The van der Waals surface area contributed by atoms with Crippen molar-refractivity contribution in [3.05, 3.63) is 52.6 Å². The molecule has 0 amide bonds. The Kier molecular flexibility index (Phi) is 6.18. The first kappa shape index (κ1) is 22.5. The zero-order chi connectivity index (χ0) is 22.9. The summed E-state index contributed by atoms with van der Waals surface area (Å²) < 4.78 is 5.82. The molecule has 1 aliphatic heterocycles. The molecule has 0 saturated carbocycles. The standard InChI is InChI=1S/C24H28O7/c1-13(6-7-24(2,3)30)4-5-14-8-15(9-19(28)23(14)29)20-12-18(27)22-17(26)10-16(25)11-21(22)31-20/h4,8-11,20,25-26,28-30H,5-7,12H2,1-3H3/b13-4+. The molecule has 31 heavy (non-hydrogen) atoms. The number of hydrogen-bond acceptors (Lipinski definition) is 7. The van der Waals surface area contributed by atoms with E-state index >= 15 is 0 Å². The van der Waals surface area contributed by atoms with Crippen molar-refractivity contribution in [2.75, 3.05) is 0 Å². The number of fused-ring (bicyclic) bond motifs is 1. The Morgan fingerprint density at radius 2 is 1.84 bits per heavy atom. The molecule has 0 aliphatic carbocycles. The topological polar surface area (TPSA) is 127 Å². The molecule has 1 heterocycles. The molecule has 7 nitrogen and oxygen atoms in total. The molecule has 5 N–H and O–H groups in total. The Labute approximate surface area is 180 Å². The van der Waals surface area contributed by atoms with Crippen LogP contribution in [0.3, 0.4) is 0 Å². The first-order valence-corrected chi connectivity index (χ1v) is 10.1. The quantitative estimate of drug-likeness (QED) is 0.344. The van der Waals surface area contributed by atoms with Gasteiger partial charge in [0.15, 0.2) is 17.3 Å². The third-order valence-electron chi connectivity index (χ3n) is 5.35. The lowest BCUT2D eigenvalue weighted by Gasteiger charge is -2.26. The van der Waals surface area contributed by atoms with Crippen molar-refractivity contribution in [1.82, 2.24) is 0 Å². The summed E-state index contributed by atoms with van der Waals surface area (Å²) in [4.78, 5) is 12.5. The molecule has 2 aromatic rings. The summed E-state index contributed by atoms with van der Waals surface area (Å²) in [5, 5.41) is 50.0. The minimum atomic E-state index is -0.764. The van der Waals surface area contributed by atoms with Crippen LogP contribution < -0.4 is 4.74 Å². The maximum absolute atomic E-state index is 12.5. The lowest BCUT2D eigenvalue weighted by Crippen LogP contribution is -2.20. The maximum atomic E-state index is 12.5. The highest BCUT2D eigenvalue weighted by atomic mass is 16.5. The van der Waals surface area contributed by atoms with Gasteiger partial charge in [-0.3, -0.25) is 4.79 Å². The van der Waals surface area contributed by atoms with E-state index in [1.807, 2.05) is 13.0 Å². The lowest BCUT2D eigenvalue weighted by atomic mass is 9.93. The molecule has 3 rings (SSSR count). The van der Waals surface area contributed by atoms with E-state index in [-0.39, 0.29) is 46.5 Å². The van der Waals surface area contributed by atoms with Gasteiger partial charge < -0.3 is 30.3 Å². The normalized spacial score (nSPS) is 16.7. The Morgan fingerprint density at radius 3 is 2.52 bits per heavy atom. The van der Waals surface area contributed by atoms with Crippen molar-refractivity contribution in [2.45, 2.75) is 58.2 Å². The summed E-state index contributed by atoms with van der Waals surface area (Å²) in [6.07, 6.45) is 2.76. The largest absolute Gasteiger partial charge is 0.508 e. The molecule has 0 saturated heterocycles. The summed E-state index contributed by atoms with van der Waals surface area (Å²) in [5.41, 5.74) is 1.25. The van der Waals surface area contributed by atoms with Crippen molar-refractivity contribution in [1.29, 1.82) is 0 Å². The van der Waals surface area contributed by atoms with Crippen LogP contribution in [0.25, 0.3) is 0 Å². The van der Waals surface area contributed by atoms with Crippen LogP contribution in [-0.2, 0) is 6.42 Å². The van der Waals surface area contributed by atoms with Crippen LogP contribution in [0.2, 0.25) is 0 Å². The van der Waals surface area contributed by atoms with Gasteiger partial charge in [-0.15, -0.1) is 0 Å². The van der Waals surface area contributed by atoms with Crippen molar-refractivity contribution >= 4 is 5.78 Å². The van der Waals surface area contributed by atoms with Crippen molar-refractivity contribution in [3.8, 4) is 28.7 Å². The molecule has 7 heteroatoms. The highest BCUT2D eigenvalue weighted by Crippen LogP contribution is 2.43. The third kappa shape index (κ3) is 5.30. The van der Waals surface area contributed by atoms with E-state index in [0.29, 0.717) is 30.4 Å². The van der Waals surface area contributed by atoms with Crippen molar-refractivity contribution in [3.63, 3.8) is 0 Å². The van der Waals surface area contributed by atoms with Gasteiger partial charge >= 0.3 is 0 Å². The SMILES string of the molecule is C/C(=C\Cc1cc(C2CC(=O)c3c(O)cc(O)cc3O2)cc(O)c1O)CCC(C)(C)O. The zero-order valence-electron chi connectivity index (χ0n) is 17.8. The van der Waals surface area contributed by atoms with Crippen LogP contribution in [0.1, 0.15) is 67.6 Å². The number of phenols is 4. The van der Waals surface area contributed by atoms with Crippen LogP contribution in [0.15, 0.2) is 35.9 Å². The Morgan fingerprint density at radius 1 is 1.13 bits per heavy atom. The van der Waals surface area contributed by atoms with Gasteiger partial charge in [0.05, 0.1) is 12.0 Å². The number of ketones is 1. The molecule has 0 fully saturated rings. The highest BCUT2D eigenvalue weighted by Gasteiger charge is 2.31. The third-order valence-corrected chi connectivity index (χ3v) is 5.35. The molecular formula is C24H28O7. The van der Waals surface area contributed by atoms with Gasteiger partial charge in [0, 0.05) is 17.7 Å². The maximum Gasteiger partial charge on any atom is 0.174 e. The fourth-order valence-electron chi connectivity index (χ4n) is 3.54. The fraction of sp³-hybridized carbons (Fsp3) is 0.375. The van der Waals surface area contributed by atoms with E-state index in [1.54, 1.807) is 19.9 Å². The van der Waals surface area contributed by atoms with E-state index < -0.39 is 11.7 Å². The van der Waals surface area contributed by atoms with E-state index in [2.05, 4.69) is 0 Å². The molecule has 1 atom stereocenters. The number of hydrogen-bond donors (Lipinski definition) is 5. The van der Waals surface area contributed by atoms with Crippen LogP contribution in [-0.4, -0.2) is 36.9 Å². The number of benzene rings is 2. The second kappa shape index (κ2) is 8.51. The Bertz CT molecular complexity index is 1030. The van der Waals surface area contributed by atoms with Crippen LogP contribution in [0.4, 0.5) is 0 Å². The zero-order valence-corrected chi connectivity index (χ0v) is 17.8. The van der Waals surface area contributed by atoms with Gasteiger partial charge in [0.2, 0.25) is 0 Å². The minimum absolute atomic E-state index is 0.0163. The second-order valence-electron chi connectivity index (χ2n) is 8.69. The molecule has 1 aliphatic rings. The summed E-state index contributed by atoms with van der Waals surface area (Å²) in [7, 11) is 0. The molecule has 0 radical (unpaired) electrons. The summed E-state index contributed by atoms with van der Waals surface area (Å²) in [5.74, 6) is -1.43. The lowest BCUT2D eigenvalue weighted by molar-refractivity contribution is 0.0713. The van der Waals surface area contributed by atoms with E-state index in [1.165, 1.54) is 12.1 Å². The average Bonchev–Trinajstić information content (AvgIpc) is 2.65. The first-order valence-electron chi connectivity index (χ1n) is 10.1. The summed E-state index contributed by atoms with van der Waals surface area (Å²) >= 11 is 0. The van der Waals surface area contributed by atoms with E-state index in [9.17, 15) is 30.3 Å². The minimum Gasteiger partial charge on any atom is -0.508 e. The number of Topliss-reactive ketones (excluding diaryl/α,β-unsaturated/α-hetero) is 1. The predicted molar refractivity (Wildman–Crippen MR) is 115 cm³/mol. The van der Waals surface area contributed by atoms with Gasteiger partial charge in [-0.1, -0.05) is 11.6 Å². The van der Waals surface area contributed by atoms with Crippen LogP contribution in [0, 0.1) is 0 Å². The number of ether oxygens (including phenoxy) is 1. The summed E-state index contributed by atoms with van der Waals surface area (Å²) in [6.45, 7) is 5.43. The number of aromatic hydroxyl groups is 4. The molecule has 166 valence electrons. The number of carbonyl (C=O) groups is 1. The molecule has 0 aromatic heterocycles. The number of allylic oxidation sites excluding steroid dienone is 2. The molecule has 0 bridgehead atoms. The summed E-state index contributed by atoms with van der Waals surface area (Å²) in [6, 6.07) is 5.35. The van der Waals surface area contributed by atoms with Gasteiger partial charge in [0.1, 0.15) is 28.9 Å². The predicted octanol–water partition coefficient (Wildman–Crippen LogP) is 4.26. The fourth-order valence-corrected chi connectivity index (χ4v) is 3.54. The Hall–Kier alpha value is -3.19. The molecular weight excluding hydrogens is 400 g/mol. The van der Waals surface area contributed by atoms with Gasteiger partial charge in [-0.2, -0.15) is 0 Å². The number of rotatable bonds is 6. The highest BCUT2D eigenvalue weighted by molar-refractivity contribution is 6.02. The van der Waals surface area contributed by atoms with Gasteiger partial charge in [-0.25, -0.2) is 0 Å². The smallest absolute Gasteiger partial charge is 0.174 e. The molecule has 0 spiro atoms. The van der Waals surface area contributed by atoms with E-state index in [0.717, 1.165) is 11.6 Å². The van der Waals surface area contributed by atoms with Gasteiger partial charge in [-0.05, 0) is 57.7 Å². The van der Waals surface area contributed by atoms with Crippen LogP contribution >= 0.6 is 0 Å². The average molecular weight is 428 g/mol. The van der Waals surface area contributed by atoms with Crippen molar-refractivity contribution in [2.24, 2.45) is 0 Å². The van der Waals surface area contributed by atoms with Crippen molar-refractivity contribution < 1.29 is 35.1 Å². The molecule has 2 aromatic carbocycles. The number of carbonyl (C=O) groups excluding carboxylic acids is 1. The van der Waals surface area contributed by atoms with E-state index in [4.69, 9.17) is 4.74 Å². The second-order valence-corrected chi connectivity index (χ2v) is 8.69. The van der Waals surface area contributed by atoms with Gasteiger partial charge in [0.25, 0.3) is 0 Å². The molecule has 1 unspecified atom stereocenters. The first-order chi connectivity index (χ1) is 14.4. The number of phenolic OH excluding ortho intramolecular Hbond substituents is 4.